The van der Waals surface area contributed by atoms with Gasteiger partial charge in [-0.25, -0.2) is 8.78 Å². The maximum atomic E-state index is 14.0. The first-order valence-electron chi connectivity index (χ1n) is 14.7. The molecule has 3 aliphatic rings. The summed E-state index contributed by atoms with van der Waals surface area (Å²) in [5.74, 6) is -4.73. The van der Waals surface area contributed by atoms with Crippen LogP contribution in [-0.2, 0) is 14.4 Å². The highest BCUT2D eigenvalue weighted by Crippen LogP contribution is 2.31. The Hall–Kier alpha value is -3.30. The molecule has 0 unspecified atom stereocenters. The van der Waals surface area contributed by atoms with Crippen molar-refractivity contribution in [1.29, 1.82) is 0 Å². The van der Waals surface area contributed by atoms with Crippen molar-refractivity contribution in [2.75, 3.05) is 26.2 Å². The number of halogens is 2. The second-order valence-corrected chi connectivity index (χ2v) is 11.5. The van der Waals surface area contributed by atoms with Crippen LogP contribution in [0, 0.1) is 11.6 Å². The molecule has 2 aromatic rings. The number of aromatic nitrogens is 1. The van der Waals surface area contributed by atoms with Gasteiger partial charge in [-0.3, -0.25) is 19.2 Å². The van der Waals surface area contributed by atoms with Gasteiger partial charge in [0.2, 0.25) is 11.8 Å². The smallest absolute Gasteiger partial charge is 0.295 e. The third-order valence-electron chi connectivity index (χ3n) is 8.78. The first kappa shape index (κ1) is 28.2. The van der Waals surface area contributed by atoms with Gasteiger partial charge in [-0.2, -0.15) is 0 Å². The van der Waals surface area contributed by atoms with Crippen LogP contribution < -0.4 is 0 Å². The molecular formula is C30H38F2N4O4. The molecule has 1 N–H and O–H groups in total. The van der Waals surface area contributed by atoms with Crippen molar-refractivity contribution in [3.63, 3.8) is 0 Å². The van der Waals surface area contributed by atoms with E-state index >= 15 is 0 Å². The summed E-state index contributed by atoms with van der Waals surface area (Å²) in [6.07, 6.45) is 13.1. The number of carbonyl (C=O) groups is 4. The molecule has 0 radical (unpaired) electrons. The fraction of sp³-hybridized carbons (Fsp3) is 0.600. The first-order valence-corrected chi connectivity index (χ1v) is 14.7. The van der Waals surface area contributed by atoms with E-state index in [0.717, 1.165) is 94.1 Å². The zero-order valence-corrected chi connectivity index (χ0v) is 22.9. The van der Waals surface area contributed by atoms with Crippen LogP contribution >= 0.6 is 0 Å². The maximum absolute atomic E-state index is 14.0. The number of rotatable bonds is 8. The van der Waals surface area contributed by atoms with Crippen molar-refractivity contribution in [2.45, 2.75) is 89.1 Å². The third kappa shape index (κ3) is 6.05. The molecule has 1 aromatic heterocycles. The highest BCUT2D eigenvalue weighted by Gasteiger charge is 2.36. The number of hydrogen-bond acceptors (Lipinski definition) is 4. The number of carbonyl (C=O) groups excluding carboxylic acids is 4. The standard InChI is InChI=1S/C30H38F2N4O4/c31-24-15-22-23(17-33-26(22)16-25(24)32)29(39)30(40)35(18-27(37)34-13-7-8-14-34)19-28(38)36(20-9-3-1-4-10-20)21-11-5-2-6-12-21/h15-17,20-21,33H,1-14,18-19H2. The normalized spacial score (nSPS) is 18.7. The predicted molar refractivity (Wildman–Crippen MR) is 146 cm³/mol. The van der Waals surface area contributed by atoms with E-state index in [1.807, 2.05) is 4.90 Å². The lowest BCUT2D eigenvalue weighted by molar-refractivity contribution is -0.145. The number of likely N-dealkylation sites (tertiary alicyclic amines) is 1. The maximum Gasteiger partial charge on any atom is 0.295 e. The van der Waals surface area contributed by atoms with Crippen molar-refractivity contribution in [3.05, 3.63) is 35.5 Å². The van der Waals surface area contributed by atoms with E-state index in [0.29, 0.717) is 13.1 Å². The Morgan fingerprint density at radius 1 is 0.800 bits per heavy atom. The number of hydrogen-bond donors (Lipinski definition) is 1. The van der Waals surface area contributed by atoms with Crippen molar-refractivity contribution in [2.24, 2.45) is 0 Å². The number of benzene rings is 1. The Morgan fingerprint density at radius 2 is 1.38 bits per heavy atom. The second kappa shape index (κ2) is 12.5. The lowest BCUT2D eigenvalue weighted by Gasteiger charge is -2.42. The van der Waals surface area contributed by atoms with Crippen LogP contribution in [-0.4, -0.2) is 81.5 Å². The molecule has 0 bridgehead atoms. The molecule has 1 saturated heterocycles. The summed E-state index contributed by atoms with van der Waals surface area (Å²) < 4.78 is 27.7. The molecule has 3 amide bonds. The van der Waals surface area contributed by atoms with Gasteiger partial charge in [-0.15, -0.1) is 0 Å². The van der Waals surface area contributed by atoms with Gasteiger partial charge in [0.1, 0.15) is 13.1 Å². The lowest BCUT2D eigenvalue weighted by Crippen LogP contribution is -2.54. The third-order valence-corrected chi connectivity index (χ3v) is 8.78. The Kier molecular flexibility index (Phi) is 8.81. The predicted octanol–water partition coefficient (Wildman–Crippen LogP) is 4.57. The van der Waals surface area contributed by atoms with Crippen LogP contribution in [0.2, 0.25) is 0 Å². The van der Waals surface area contributed by atoms with E-state index in [4.69, 9.17) is 0 Å². The number of Topliss-reactive ketones (excluding diaryl/α,β-unsaturated/α-hetero) is 1. The zero-order valence-electron chi connectivity index (χ0n) is 22.9. The molecule has 3 fully saturated rings. The number of amides is 3. The molecule has 0 atom stereocenters. The second-order valence-electron chi connectivity index (χ2n) is 11.5. The summed E-state index contributed by atoms with van der Waals surface area (Å²) >= 11 is 0. The van der Waals surface area contributed by atoms with Gasteiger partial charge in [0.05, 0.1) is 5.56 Å². The van der Waals surface area contributed by atoms with E-state index in [2.05, 4.69) is 4.98 Å². The fourth-order valence-corrected chi connectivity index (χ4v) is 6.66. The number of aromatic amines is 1. The Morgan fingerprint density at radius 3 is 1.98 bits per heavy atom. The molecule has 2 aliphatic carbocycles. The molecule has 10 heteroatoms. The minimum absolute atomic E-state index is 0.0698. The zero-order chi connectivity index (χ0) is 28.2. The number of nitrogens with one attached hydrogen (secondary N) is 1. The topological polar surface area (TPSA) is 93.8 Å². The van der Waals surface area contributed by atoms with Crippen molar-refractivity contribution >= 4 is 34.4 Å². The summed E-state index contributed by atoms with van der Waals surface area (Å²) in [6.45, 7) is 0.395. The summed E-state index contributed by atoms with van der Waals surface area (Å²) in [5, 5.41) is 0.0698. The van der Waals surface area contributed by atoms with E-state index in [1.54, 1.807) is 4.90 Å². The monoisotopic (exact) mass is 556 g/mol. The Bertz CT molecular complexity index is 1240. The van der Waals surface area contributed by atoms with Gasteiger partial charge in [0, 0.05) is 48.3 Å². The number of nitrogens with zero attached hydrogens (tertiary/aromatic N) is 3. The number of H-pyrrole nitrogens is 1. The van der Waals surface area contributed by atoms with Crippen molar-refractivity contribution in [3.8, 4) is 0 Å². The largest absolute Gasteiger partial charge is 0.360 e. The molecule has 0 spiro atoms. The highest BCUT2D eigenvalue weighted by atomic mass is 19.2. The Labute approximate surface area is 233 Å². The molecular weight excluding hydrogens is 518 g/mol. The van der Waals surface area contributed by atoms with Crippen LogP contribution in [0.25, 0.3) is 10.9 Å². The molecule has 8 nitrogen and oxygen atoms in total. The van der Waals surface area contributed by atoms with Crippen LogP contribution in [0.1, 0.15) is 87.4 Å². The molecule has 40 heavy (non-hydrogen) atoms. The quantitative estimate of drug-likeness (QED) is 0.381. The van der Waals surface area contributed by atoms with Crippen LogP contribution in [0.3, 0.4) is 0 Å². The molecule has 2 heterocycles. The highest BCUT2D eigenvalue weighted by molar-refractivity contribution is 6.45. The lowest BCUT2D eigenvalue weighted by atomic mass is 9.88. The SMILES string of the molecule is O=C(C(=O)N(CC(=O)N1CCCC1)CC(=O)N(C1CCCCC1)C1CCCCC1)c1c[nH]c2cc(F)c(F)cc12. The first-order chi connectivity index (χ1) is 19.3. The molecule has 1 aromatic carbocycles. The van der Waals surface area contributed by atoms with Gasteiger partial charge in [-0.1, -0.05) is 38.5 Å². The van der Waals surface area contributed by atoms with Crippen molar-refractivity contribution in [1.82, 2.24) is 19.7 Å². The average Bonchev–Trinajstić information content (AvgIpc) is 3.64. The van der Waals surface area contributed by atoms with Crippen LogP contribution in [0.15, 0.2) is 18.3 Å². The fourth-order valence-electron chi connectivity index (χ4n) is 6.66. The van der Waals surface area contributed by atoms with Crippen LogP contribution in [0.4, 0.5) is 8.78 Å². The van der Waals surface area contributed by atoms with E-state index in [1.165, 1.54) is 6.20 Å². The van der Waals surface area contributed by atoms with E-state index in [9.17, 15) is 28.0 Å². The van der Waals surface area contributed by atoms with Crippen molar-refractivity contribution < 1.29 is 28.0 Å². The summed E-state index contributed by atoms with van der Waals surface area (Å²) in [7, 11) is 0. The molecule has 216 valence electrons. The number of fused-ring (bicyclic) bond motifs is 1. The van der Waals surface area contributed by atoms with Gasteiger partial charge < -0.3 is 19.7 Å². The van der Waals surface area contributed by atoms with Crippen LogP contribution in [0.5, 0.6) is 0 Å². The van der Waals surface area contributed by atoms with Gasteiger partial charge in [0.15, 0.2) is 11.6 Å². The number of ketones is 1. The Balaban J connectivity index is 1.41. The summed E-state index contributed by atoms with van der Waals surface area (Å²) in [6, 6.07) is 1.99. The summed E-state index contributed by atoms with van der Waals surface area (Å²) in [5.41, 5.74) is 0.0491. The van der Waals surface area contributed by atoms with Gasteiger partial charge >= 0.3 is 0 Å². The minimum atomic E-state index is -1.14. The van der Waals surface area contributed by atoms with Gasteiger partial charge in [-0.05, 0) is 44.6 Å². The van der Waals surface area contributed by atoms with Gasteiger partial charge in [0.25, 0.3) is 11.7 Å². The molecule has 5 rings (SSSR count). The molecule has 1 aliphatic heterocycles. The average molecular weight is 557 g/mol. The summed E-state index contributed by atoms with van der Waals surface area (Å²) in [4.78, 5) is 61.6. The minimum Gasteiger partial charge on any atom is -0.360 e. The van der Waals surface area contributed by atoms with E-state index in [-0.39, 0.29) is 53.5 Å². The van der Waals surface area contributed by atoms with E-state index < -0.39 is 23.3 Å². The molecule has 2 saturated carbocycles.